The lowest BCUT2D eigenvalue weighted by Crippen LogP contribution is -2.38. The van der Waals surface area contributed by atoms with Gasteiger partial charge in [0.25, 0.3) is 0 Å². The highest BCUT2D eigenvalue weighted by Crippen LogP contribution is 2.16. The average Bonchev–Trinajstić information content (AvgIpc) is 2.27. The Bertz CT molecular complexity index is 226. The van der Waals surface area contributed by atoms with Gasteiger partial charge in [0, 0.05) is 0 Å². The summed E-state index contributed by atoms with van der Waals surface area (Å²) in [5.41, 5.74) is 0. The van der Waals surface area contributed by atoms with Gasteiger partial charge in [-0.1, -0.05) is 12.2 Å². The second-order valence-corrected chi connectivity index (χ2v) is 4.03. The van der Waals surface area contributed by atoms with Crippen LogP contribution in [0.25, 0.3) is 0 Å². The Morgan fingerprint density at radius 3 is 3.00 bits per heavy atom. The Labute approximate surface area is 91.9 Å². The van der Waals surface area contributed by atoms with Crippen LogP contribution >= 0.6 is 0 Å². The average molecular weight is 211 g/mol. The monoisotopic (exact) mass is 211 g/mol. The molecule has 1 rings (SSSR count). The summed E-state index contributed by atoms with van der Waals surface area (Å²) in [5, 5.41) is 3.23. The number of allylic oxidation sites excluding steroid dienone is 2. The van der Waals surface area contributed by atoms with Crippen LogP contribution in [-0.4, -0.2) is 25.2 Å². The van der Waals surface area contributed by atoms with E-state index in [9.17, 15) is 4.79 Å². The smallest absolute Gasteiger partial charge is 0.322 e. The van der Waals surface area contributed by atoms with Gasteiger partial charge < -0.3 is 10.1 Å². The van der Waals surface area contributed by atoms with Crippen LogP contribution in [0.5, 0.6) is 0 Å². The van der Waals surface area contributed by atoms with Crippen molar-refractivity contribution in [2.75, 3.05) is 13.2 Å². The van der Waals surface area contributed by atoms with Crippen molar-refractivity contribution < 1.29 is 9.53 Å². The maximum Gasteiger partial charge on any atom is 0.322 e. The van der Waals surface area contributed by atoms with E-state index in [0.29, 0.717) is 12.5 Å². The highest BCUT2D eigenvalue weighted by molar-refractivity contribution is 5.75. The van der Waals surface area contributed by atoms with E-state index in [1.54, 1.807) is 0 Å². The van der Waals surface area contributed by atoms with Crippen LogP contribution in [0.2, 0.25) is 0 Å². The van der Waals surface area contributed by atoms with Crippen LogP contribution in [0.15, 0.2) is 12.2 Å². The van der Waals surface area contributed by atoms with E-state index < -0.39 is 0 Å². The zero-order valence-electron chi connectivity index (χ0n) is 9.66. The van der Waals surface area contributed by atoms with Gasteiger partial charge in [0.05, 0.1) is 6.61 Å². The number of carbonyl (C=O) groups excluding carboxylic acids is 1. The van der Waals surface area contributed by atoms with E-state index in [4.69, 9.17) is 4.74 Å². The second kappa shape index (κ2) is 6.62. The number of ether oxygens (including phenoxy) is 1. The molecule has 1 N–H and O–H groups in total. The van der Waals surface area contributed by atoms with Crippen molar-refractivity contribution in [1.82, 2.24) is 5.32 Å². The molecule has 0 aliphatic heterocycles. The molecule has 0 saturated heterocycles. The van der Waals surface area contributed by atoms with Gasteiger partial charge in [-0.25, -0.2) is 0 Å². The second-order valence-electron chi connectivity index (χ2n) is 4.03. The van der Waals surface area contributed by atoms with E-state index in [1.165, 1.54) is 12.8 Å². The van der Waals surface area contributed by atoms with Gasteiger partial charge in [-0.3, -0.25) is 4.79 Å². The van der Waals surface area contributed by atoms with E-state index in [0.717, 1.165) is 13.0 Å². The summed E-state index contributed by atoms with van der Waals surface area (Å²) in [4.78, 5) is 11.3. The number of hydrogen-bond donors (Lipinski definition) is 1. The van der Waals surface area contributed by atoms with E-state index in [2.05, 4.69) is 17.5 Å². The molecule has 3 heteroatoms. The van der Waals surface area contributed by atoms with Crippen LogP contribution in [0.1, 0.15) is 33.1 Å². The summed E-state index contributed by atoms with van der Waals surface area (Å²) in [7, 11) is 0. The Balaban J connectivity index is 2.18. The van der Waals surface area contributed by atoms with Crippen molar-refractivity contribution in [2.45, 2.75) is 39.2 Å². The quantitative estimate of drug-likeness (QED) is 0.557. The first-order chi connectivity index (χ1) is 7.24. The molecule has 1 aliphatic rings. The normalized spacial score (nSPS) is 22.4. The molecule has 0 aromatic carbocycles. The van der Waals surface area contributed by atoms with Gasteiger partial charge in [0.1, 0.15) is 6.04 Å². The Morgan fingerprint density at radius 2 is 2.40 bits per heavy atom. The van der Waals surface area contributed by atoms with Crippen LogP contribution in [0, 0.1) is 5.92 Å². The fraction of sp³-hybridized carbons (Fsp3) is 0.750. The molecule has 3 nitrogen and oxygen atoms in total. The van der Waals surface area contributed by atoms with Crippen LogP contribution < -0.4 is 5.32 Å². The predicted octanol–water partition coefficient (Wildman–Crippen LogP) is 1.88. The maximum absolute atomic E-state index is 11.3. The molecule has 0 aromatic rings. The fourth-order valence-electron chi connectivity index (χ4n) is 1.74. The van der Waals surface area contributed by atoms with Gasteiger partial charge in [-0.15, -0.1) is 0 Å². The number of carbonyl (C=O) groups is 1. The molecule has 0 aromatic heterocycles. The van der Waals surface area contributed by atoms with Crippen molar-refractivity contribution in [3.63, 3.8) is 0 Å². The molecule has 86 valence electrons. The van der Waals surface area contributed by atoms with E-state index >= 15 is 0 Å². The van der Waals surface area contributed by atoms with Gasteiger partial charge in [0.2, 0.25) is 0 Å². The number of nitrogens with one attached hydrogen (secondary N) is 1. The summed E-state index contributed by atoms with van der Waals surface area (Å²) in [6.07, 6.45) is 7.97. The van der Waals surface area contributed by atoms with Gasteiger partial charge in [-0.05, 0) is 45.6 Å². The molecule has 0 radical (unpaired) electrons. The van der Waals surface area contributed by atoms with Crippen molar-refractivity contribution in [1.29, 1.82) is 0 Å². The third kappa shape index (κ3) is 4.47. The topological polar surface area (TPSA) is 38.3 Å². The van der Waals surface area contributed by atoms with Gasteiger partial charge in [0.15, 0.2) is 0 Å². The van der Waals surface area contributed by atoms with E-state index in [-0.39, 0.29) is 12.0 Å². The summed E-state index contributed by atoms with van der Waals surface area (Å²) >= 11 is 0. The third-order valence-electron chi connectivity index (χ3n) is 2.73. The minimum absolute atomic E-state index is 0.149. The molecule has 2 atom stereocenters. The highest BCUT2D eigenvalue weighted by Gasteiger charge is 2.16. The molecule has 0 heterocycles. The molecule has 0 bridgehead atoms. The number of hydrogen-bond acceptors (Lipinski definition) is 3. The summed E-state index contributed by atoms with van der Waals surface area (Å²) < 4.78 is 4.93. The molecular formula is C12H21NO2. The molecule has 0 fully saturated rings. The summed E-state index contributed by atoms with van der Waals surface area (Å²) in [6.45, 7) is 5.05. The fourth-order valence-corrected chi connectivity index (χ4v) is 1.74. The van der Waals surface area contributed by atoms with Crippen LogP contribution in [0.4, 0.5) is 0 Å². The first-order valence-corrected chi connectivity index (χ1v) is 5.79. The largest absolute Gasteiger partial charge is 0.465 e. The standard InChI is InChI=1S/C12H21NO2/c1-3-15-12(14)10(2)13-9-11-7-5-4-6-8-11/h4-5,10-11,13H,3,6-9H2,1-2H3. The molecule has 0 saturated carbocycles. The van der Waals surface area contributed by atoms with Crippen molar-refractivity contribution in [3.05, 3.63) is 12.2 Å². The van der Waals surface area contributed by atoms with Crippen molar-refractivity contribution in [2.24, 2.45) is 5.92 Å². The number of rotatable bonds is 5. The van der Waals surface area contributed by atoms with Crippen LogP contribution in [0.3, 0.4) is 0 Å². The Kier molecular flexibility index (Phi) is 5.40. The van der Waals surface area contributed by atoms with Crippen molar-refractivity contribution in [3.8, 4) is 0 Å². The lowest BCUT2D eigenvalue weighted by atomic mass is 9.94. The zero-order valence-corrected chi connectivity index (χ0v) is 9.66. The molecular weight excluding hydrogens is 190 g/mol. The van der Waals surface area contributed by atoms with Crippen LogP contribution in [-0.2, 0) is 9.53 Å². The third-order valence-corrected chi connectivity index (χ3v) is 2.73. The lowest BCUT2D eigenvalue weighted by molar-refractivity contribution is -0.145. The Hall–Kier alpha value is -0.830. The van der Waals surface area contributed by atoms with Crippen molar-refractivity contribution >= 4 is 5.97 Å². The lowest BCUT2D eigenvalue weighted by Gasteiger charge is -2.20. The number of esters is 1. The molecule has 0 spiro atoms. The van der Waals surface area contributed by atoms with E-state index in [1.807, 2.05) is 13.8 Å². The zero-order chi connectivity index (χ0) is 11.1. The predicted molar refractivity (Wildman–Crippen MR) is 60.6 cm³/mol. The Morgan fingerprint density at radius 1 is 1.60 bits per heavy atom. The maximum atomic E-state index is 11.3. The molecule has 1 aliphatic carbocycles. The summed E-state index contributed by atoms with van der Waals surface area (Å²) in [6, 6.07) is -0.184. The first-order valence-electron chi connectivity index (χ1n) is 5.79. The minimum atomic E-state index is -0.184. The molecule has 0 amide bonds. The minimum Gasteiger partial charge on any atom is -0.465 e. The SMILES string of the molecule is CCOC(=O)C(C)NCC1CC=CCC1. The highest BCUT2D eigenvalue weighted by atomic mass is 16.5. The van der Waals surface area contributed by atoms with Gasteiger partial charge >= 0.3 is 5.97 Å². The summed E-state index contributed by atoms with van der Waals surface area (Å²) in [5.74, 6) is 0.524. The first kappa shape index (κ1) is 12.2. The van der Waals surface area contributed by atoms with Gasteiger partial charge in [-0.2, -0.15) is 0 Å². The molecule has 15 heavy (non-hydrogen) atoms. The molecule has 2 unspecified atom stereocenters.